The molecule has 0 unspecified atom stereocenters. The standard InChI is InChI=1S/C20H22FN3O3/c21-16-7-4-8-18(11-16)24-14-17(12-19(24)26)22-20(27)23(9-10-25)13-15-5-2-1-3-6-15/h1-8,11,17,25H,9-10,12-14H2,(H,22,27)/t17-/m0/s1. The molecule has 1 aliphatic heterocycles. The largest absolute Gasteiger partial charge is 0.395 e. The number of anilines is 1. The number of aliphatic hydroxyl groups is 1. The van der Waals surface area contributed by atoms with E-state index in [1.807, 2.05) is 30.3 Å². The zero-order valence-electron chi connectivity index (χ0n) is 14.8. The second kappa shape index (κ2) is 8.64. The number of benzene rings is 2. The van der Waals surface area contributed by atoms with E-state index in [9.17, 15) is 19.1 Å². The minimum Gasteiger partial charge on any atom is -0.395 e. The average Bonchev–Trinajstić information content (AvgIpc) is 3.02. The van der Waals surface area contributed by atoms with Crippen molar-refractivity contribution in [3.8, 4) is 0 Å². The summed E-state index contributed by atoms with van der Waals surface area (Å²) < 4.78 is 13.4. The summed E-state index contributed by atoms with van der Waals surface area (Å²) in [5.74, 6) is -0.576. The molecule has 142 valence electrons. The second-order valence-corrected chi connectivity index (χ2v) is 6.47. The highest BCUT2D eigenvalue weighted by atomic mass is 19.1. The molecule has 1 atom stereocenters. The van der Waals surface area contributed by atoms with Gasteiger partial charge in [0.2, 0.25) is 5.91 Å². The molecule has 0 spiro atoms. The Morgan fingerprint density at radius 3 is 2.70 bits per heavy atom. The topological polar surface area (TPSA) is 72.9 Å². The van der Waals surface area contributed by atoms with E-state index in [0.29, 0.717) is 12.2 Å². The first-order valence-corrected chi connectivity index (χ1v) is 8.83. The Kier molecular flexibility index (Phi) is 6.03. The van der Waals surface area contributed by atoms with Crippen molar-refractivity contribution in [2.75, 3.05) is 24.6 Å². The first-order chi connectivity index (χ1) is 13.1. The van der Waals surface area contributed by atoms with E-state index in [2.05, 4.69) is 5.32 Å². The molecule has 1 heterocycles. The molecule has 1 fully saturated rings. The van der Waals surface area contributed by atoms with Gasteiger partial charge in [-0.15, -0.1) is 0 Å². The maximum atomic E-state index is 13.4. The third-order valence-electron chi connectivity index (χ3n) is 4.45. The third-order valence-corrected chi connectivity index (χ3v) is 4.45. The quantitative estimate of drug-likeness (QED) is 0.817. The van der Waals surface area contributed by atoms with Crippen molar-refractivity contribution in [1.29, 1.82) is 0 Å². The van der Waals surface area contributed by atoms with E-state index in [4.69, 9.17) is 0 Å². The predicted molar refractivity (Wildman–Crippen MR) is 99.6 cm³/mol. The normalized spacial score (nSPS) is 16.4. The molecule has 2 N–H and O–H groups in total. The molecular weight excluding hydrogens is 349 g/mol. The molecule has 1 aliphatic rings. The van der Waals surface area contributed by atoms with Crippen LogP contribution < -0.4 is 10.2 Å². The lowest BCUT2D eigenvalue weighted by Gasteiger charge is -2.24. The van der Waals surface area contributed by atoms with Crippen molar-refractivity contribution in [3.05, 3.63) is 66.0 Å². The van der Waals surface area contributed by atoms with Gasteiger partial charge in [-0.25, -0.2) is 9.18 Å². The van der Waals surface area contributed by atoms with Gasteiger partial charge in [0.25, 0.3) is 0 Å². The van der Waals surface area contributed by atoms with Crippen molar-refractivity contribution in [1.82, 2.24) is 10.2 Å². The molecule has 0 radical (unpaired) electrons. The minimum absolute atomic E-state index is 0.153. The number of nitrogens with zero attached hydrogens (tertiary/aromatic N) is 2. The number of carbonyl (C=O) groups is 2. The number of hydrogen-bond donors (Lipinski definition) is 2. The molecule has 0 saturated carbocycles. The van der Waals surface area contributed by atoms with Crippen molar-refractivity contribution < 1.29 is 19.1 Å². The molecule has 0 bridgehead atoms. The van der Waals surface area contributed by atoms with Crippen molar-refractivity contribution in [3.63, 3.8) is 0 Å². The number of halogens is 1. The molecule has 2 aromatic rings. The van der Waals surface area contributed by atoms with Gasteiger partial charge in [0.1, 0.15) is 5.82 Å². The van der Waals surface area contributed by atoms with Gasteiger partial charge in [0.05, 0.1) is 12.6 Å². The summed E-state index contributed by atoms with van der Waals surface area (Å²) >= 11 is 0. The first kappa shape index (κ1) is 18.8. The Morgan fingerprint density at radius 2 is 2.00 bits per heavy atom. The van der Waals surface area contributed by atoms with Crippen molar-refractivity contribution in [2.45, 2.75) is 19.0 Å². The van der Waals surface area contributed by atoms with E-state index in [-0.39, 0.29) is 44.1 Å². The smallest absolute Gasteiger partial charge is 0.318 e. The molecule has 27 heavy (non-hydrogen) atoms. The van der Waals surface area contributed by atoms with Gasteiger partial charge in [-0.05, 0) is 23.8 Å². The summed E-state index contributed by atoms with van der Waals surface area (Å²) in [6.45, 7) is 0.683. The first-order valence-electron chi connectivity index (χ1n) is 8.83. The number of rotatable bonds is 6. The van der Waals surface area contributed by atoms with Crippen LogP contribution in [0.5, 0.6) is 0 Å². The minimum atomic E-state index is -0.412. The lowest BCUT2D eigenvalue weighted by atomic mass is 10.2. The summed E-state index contributed by atoms with van der Waals surface area (Å²) in [5, 5.41) is 12.1. The Labute approximate surface area is 157 Å². The van der Waals surface area contributed by atoms with Gasteiger partial charge in [-0.3, -0.25) is 4.79 Å². The molecule has 1 saturated heterocycles. The number of urea groups is 1. The van der Waals surface area contributed by atoms with E-state index >= 15 is 0 Å². The van der Waals surface area contributed by atoms with Gasteiger partial charge in [0, 0.05) is 31.7 Å². The van der Waals surface area contributed by atoms with Gasteiger partial charge >= 0.3 is 6.03 Å². The fourth-order valence-corrected chi connectivity index (χ4v) is 3.14. The molecule has 3 rings (SSSR count). The molecule has 6 nitrogen and oxygen atoms in total. The summed E-state index contributed by atoms with van der Waals surface area (Å²) in [6.07, 6.45) is 0.153. The SMILES string of the molecule is O=C(N[C@H]1CC(=O)N(c2cccc(F)c2)C1)N(CCO)Cc1ccccc1. The zero-order valence-corrected chi connectivity index (χ0v) is 14.8. The van der Waals surface area contributed by atoms with Crippen LogP contribution in [0.4, 0.5) is 14.9 Å². The highest BCUT2D eigenvalue weighted by Crippen LogP contribution is 2.22. The second-order valence-electron chi connectivity index (χ2n) is 6.47. The van der Waals surface area contributed by atoms with Crippen molar-refractivity contribution in [2.24, 2.45) is 0 Å². The fraction of sp³-hybridized carbons (Fsp3) is 0.300. The lowest BCUT2D eigenvalue weighted by molar-refractivity contribution is -0.117. The van der Waals surface area contributed by atoms with Crippen LogP contribution in [0, 0.1) is 5.82 Å². The van der Waals surface area contributed by atoms with Gasteiger partial charge in [-0.1, -0.05) is 36.4 Å². The Balaban J connectivity index is 1.63. The summed E-state index contributed by atoms with van der Waals surface area (Å²) in [7, 11) is 0. The molecular formula is C20H22FN3O3. The fourth-order valence-electron chi connectivity index (χ4n) is 3.14. The van der Waals surface area contributed by atoms with Crippen LogP contribution >= 0.6 is 0 Å². The number of nitrogens with one attached hydrogen (secondary N) is 1. The molecule has 2 aromatic carbocycles. The molecule has 0 aliphatic carbocycles. The average molecular weight is 371 g/mol. The summed E-state index contributed by atoms with van der Waals surface area (Å²) in [5.41, 5.74) is 1.43. The zero-order chi connectivity index (χ0) is 19.2. The van der Waals surface area contributed by atoms with Crippen LogP contribution in [0.1, 0.15) is 12.0 Å². The van der Waals surface area contributed by atoms with Crippen molar-refractivity contribution >= 4 is 17.6 Å². The number of amides is 3. The number of carbonyl (C=O) groups excluding carboxylic acids is 2. The van der Waals surface area contributed by atoms with Crippen LogP contribution in [0.3, 0.4) is 0 Å². The molecule has 3 amide bonds. The Bertz CT molecular complexity index is 800. The van der Waals surface area contributed by atoms with Crippen LogP contribution in [0.2, 0.25) is 0 Å². The highest BCUT2D eigenvalue weighted by Gasteiger charge is 2.32. The number of aliphatic hydroxyl groups excluding tert-OH is 1. The highest BCUT2D eigenvalue weighted by molar-refractivity contribution is 5.96. The summed E-state index contributed by atoms with van der Waals surface area (Å²) in [4.78, 5) is 27.9. The predicted octanol–water partition coefficient (Wildman–Crippen LogP) is 2.14. The van der Waals surface area contributed by atoms with E-state index < -0.39 is 5.82 Å². The Morgan fingerprint density at radius 1 is 1.22 bits per heavy atom. The van der Waals surface area contributed by atoms with Crippen LogP contribution in [-0.4, -0.2) is 47.7 Å². The van der Waals surface area contributed by atoms with Crippen LogP contribution in [0.15, 0.2) is 54.6 Å². The molecule has 7 heteroatoms. The van der Waals surface area contributed by atoms with Gasteiger partial charge in [0.15, 0.2) is 0 Å². The van der Waals surface area contributed by atoms with Crippen LogP contribution in [-0.2, 0) is 11.3 Å². The maximum Gasteiger partial charge on any atom is 0.318 e. The number of hydrogen-bond acceptors (Lipinski definition) is 3. The Hall–Kier alpha value is -2.93. The van der Waals surface area contributed by atoms with Gasteiger partial charge < -0.3 is 20.2 Å². The van der Waals surface area contributed by atoms with E-state index in [1.54, 1.807) is 12.1 Å². The van der Waals surface area contributed by atoms with Crippen LogP contribution in [0.25, 0.3) is 0 Å². The van der Waals surface area contributed by atoms with E-state index in [1.165, 1.54) is 21.9 Å². The summed E-state index contributed by atoms with van der Waals surface area (Å²) in [6, 6.07) is 14.6. The monoisotopic (exact) mass is 371 g/mol. The third kappa shape index (κ3) is 4.83. The maximum absolute atomic E-state index is 13.4. The molecule has 0 aromatic heterocycles. The lowest BCUT2D eigenvalue weighted by Crippen LogP contribution is -2.46. The van der Waals surface area contributed by atoms with Gasteiger partial charge in [-0.2, -0.15) is 0 Å². The van der Waals surface area contributed by atoms with E-state index in [0.717, 1.165) is 5.56 Å².